The summed E-state index contributed by atoms with van der Waals surface area (Å²) < 4.78 is 67.5. The molecule has 0 amide bonds. The van der Waals surface area contributed by atoms with Crippen molar-refractivity contribution in [3.05, 3.63) is 47.7 Å². The van der Waals surface area contributed by atoms with E-state index in [1.807, 2.05) is 12.1 Å². The average Bonchev–Trinajstić information content (AvgIpc) is 2.78. The van der Waals surface area contributed by atoms with Crippen LogP contribution in [0.2, 0.25) is 0 Å². The lowest BCUT2D eigenvalue weighted by molar-refractivity contribution is -0.129. The molecule has 9 heteroatoms. The van der Waals surface area contributed by atoms with Gasteiger partial charge in [-0.05, 0) is 74.9 Å². The number of fused-ring (bicyclic) bond motifs is 1. The Hall–Kier alpha value is -2.13. The van der Waals surface area contributed by atoms with Gasteiger partial charge in [0.2, 0.25) is 0 Å². The molecular formula is C25H31F3N2O3S. The van der Waals surface area contributed by atoms with Gasteiger partial charge in [-0.1, -0.05) is 6.07 Å². The topological polar surface area (TPSA) is 59.5 Å². The number of benzene rings is 1. The maximum atomic E-state index is 12.3. The van der Waals surface area contributed by atoms with Crippen molar-refractivity contribution in [2.75, 3.05) is 18.8 Å². The molecule has 1 fully saturated rings. The first-order valence-electron chi connectivity index (χ1n) is 11.7. The van der Waals surface area contributed by atoms with Gasteiger partial charge >= 0.3 is 6.18 Å². The third-order valence-electron chi connectivity index (χ3n) is 6.88. The summed E-state index contributed by atoms with van der Waals surface area (Å²) in [5.41, 5.74) is 3.01. The Morgan fingerprint density at radius 3 is 2.47 bits per heavy atom. The molecule has 0 radical (unpaired) electrons. The molecule has 2 aliphatic rings. The van der Waals surface area contributed by atoms with Crippen LogP contribution in [0.15, 0.2) is 36.5 Å². The quantitative estimate of drug-likeness (QED) is 0.551. The Bertz CT molecular complexity index is 1110. The second kappa shape index (κ2) is 9.49. The summed E-state index contributed by atoms with van der Waals surface area (Å²) in [5.74, 6) is -0.453. The molecule has 2 aliphatic heterocycles. The summed E-state index contributed by atoms with van der Waals surface area (Å²) in [5, 5.41) is 0. The molecule has 2 aromatic rings. The van der Waals surface area contributed by atoms with Crippen molar-refractivity contribution in [2.24, 2.45) is 0 Å². The van der Waals surface area contributed by atoms with E-state index in [4.69, 9.17) is 4.74 Å². The molecule has 1 saturated heterocycles. The van der Waals surface area contributed by atoms with E-state index in [9.17, 15) is 21.6 Å². The molecule has 0 aliphatic carbocycles. The van der Waals surface area contributed by atoms with Gasteiger partial charge in [0.05, 0.1) is 23.6 Å². The molecule has 186 valence electrons. The van der Waals surface area contributed by atoms with Gasteiger partial charge in [-0.2, -0.15) is 13.2 Å². The van der Waals surface area contributed by atoms with E-state index in [2.05, 4.69) is 29.8 Å². The molecule has 0 saturated carbocycles. The van der Waals surface area contributed by atoms with Gasteiger partial charge in [-0.25, -0.2) is 8.42 Å². The first kappa shape index (κ1) is 25.0. The second-order valence-electron chi connectivity index (χ2n) is 9.75. The number of halogens is 3. The highest BCUT2D eigenvalue weighted by Gasteiger charge is 2.39. The number of alkyl halides is 3. The summed E-state index contributed by atoms with van der Waals surface area (Å²) in [6.07, 6.45) is -0.430. The third kappa shape index (κ3) is 6.10. The number of ether oxygens (including phenoxy) is 1. The summed E-state index contributed by atoms with van der Waals surface area (Å²) >= 11 is 0. The molecule has 0 atom stereocenters. The smallest absolute Gasteiger partial charge is 0.390 e. The first-order valence-corrected chi connectivity index (χ1v) is 13.5. The van der Waals surface area contributed by atoms with E-state index >= 15 is 0 Å². The molecule has 3 heterocycles. The fourth-order valence-electron chi connectivity index (χ4n) is 4.76. The summed E-state index contributed by atoms with van der Waals surface area (Å²) in [7, 11) is -3.86. The summed E-state index contributed by atoms with van der Waals surface area (Å²) in [6, 6.07) is 9.87. The van der Waals surface area contributed by atoms with Crippen molar-refractivity contribution in [1.29, 1.82) is 0 Å². The molecule has 34 heavy (non-hydrogen) atoms. The lowest BCUT2D eigenvalue weighted by Crippen LogP contribution is -2.51. The highest BCUT2D eigenvalue weighted by atomic mass is 32.2. The van der Waals surface area contributed by atoms with Crippen LogP contribution in [0.25, 0.3) is 11.3 Å². The van der Waals surface area contributed by atoms with Crippen LogP contribution in [0.5, 0.6) is 5.75 Å². The molecule has 1 spiro atoms. The van der Waals surface area contributed by atoms with Gasteiger partial charge < -0.3 is 9.64 Å². The Morgan fingerprint density at radius 2 is 1.85 bits per heavy atom. The highest BCUT2D eigenvalue weighted by Crippen LogP contribution is 2.40. The van der Waals surface area contributed by atoms with Crippen molar-refractivity contribution in [3.8, 4) is 17.0 Å². The van der Waals surface area contributed by atoms with Crippen LogP contribution >= 0.6 is 0 Å². The lowest BCUT2D eigenvalue weighted by atomic mass is 9.82. The number of aryl methyl sites for hydroxylation is 1. The van der Waals surface area contributed by atoms with E-state index in [-0.39, 0.29) is 5.60 Å². The normalized spacial score (nSPS) is 18.6. The number of rotatable bonds is 6. The predicted molar refractivity (Wildman–Crippen MR) is 125 cm³/mol. The lowest BCUT2D eigenvalue weighted by Gasteiger charge is -2.45. The van der Waals surface area contributed by atoms with Crippen molar-refractivity contribution < 1.29 is 26.3 Å². The SMILES string of the molecule is CC(C)N1CCC2(CCc3cc(-c4ccc(CS(=O)(=O)CCC(F)(F)F)cn4)ccc3O2)CC1. The fourth-order valence-corrected chi connectivity index (χ4v) is 6.12. The number of nitrogens with zero attached hydrogens (tertiary/aromatic N) is 2. The Balaban J connectivity index is 1.41. The van der Waals surface area contributed by atoms with Crippen LogP contribution in [0.4, 0.5) is 13.2 Å². The van der Waals surface area contributed by atoms with Gasteiger partial charge in [-0.3, -0.25) is 4.98 Å². The van der Waals surface area contributed by atoms with Crippen LogP contribution in [-0.2, 0) is 22.0 Å². The molecule has 1 aromatic heterocycles. The number of sulfone groups is 1. The van der Waals surface area contributed by atoms with Crippen molar-refractivity contribution in [3.63, 3.8) is 0 Å². The average molecular weight is 497 g/mol. The number of hydrogen-bond acceptors (Lipinski definition) is 5. The minimum absolute atomic E-state index is 0.0859. The molecule has 0 bridgehead atoms. The van der Waals surface area contributed by atoms with Crippen LogP contribution < -0.4 is 4.74 Å². The minimum atomic E-state index is -4.49. The van der Waals surface area contributed by atoms with Crippen molar-refractivity contribution in [2.45, 2.75) is 69.5 Å². The van der Waals surface area contributed by atoms with Gasteiger partial charge in [-0.15, -0.1) is 0 Å². The molecule has 1 aromatic carbocycles. The number of likely N-dealkylation sites (tertiary alicyclic amines) is 1. The second-order valence-corrected chi connectivity index (χ2v) is 11.9. The Kier molecular flexibility index (Phi) is 6.97. The Morgan fingerprint density at radius 1 is 1.12 bits per heavy atom. The minimum Gasteiger partial charge on any atom is -0.487 e. The standard InChI is InChI=1S/C25H31F3N2O3S/c1-18(2)30-12-9-24(10-13-30)8-7-21-15-20(4-6-23(21)33-24)22-5-3-19(16-29-22)17-34(31,32)14-11-25(26,27)28/h3-6,15-16,18H,7-14,17H2,1-2H3. The van der Waals surface area contributed by atoms with E-state index in [1.54, 1.807) is 12.1 Å². The van der Waals surface area contributed by atoms with Gasteiger partial charge in [0, 0.05) is 30.9 Å². The monoisotopic (exact) mass is 496 g/mol. The summed E-state index contributed by atoms with van der Waals surface area (Å²) in [4.78, 5) is 6.86. The fraction of sp³-hybridized carbons (Fsp3) is 0.560. The number of aromatic nitrogens is 1. The van der Waals surface area contributed by atoms with Gasteiger partial charge in [0.15, 0.2) is 9.84 Å². The molecule has 5 nitrogen and oxygen atoms in total. The molecular weight excluding hydrogens is 465 g/mol. The highest BCUT2D eigenvalue weighted by molar-refractivity contribution is 7.90. The largest absolute Gasteiger partial charge is 0.487 e. The zero-order valence-electron chi connectivity index (χ0n) is 19.6. The number of hydrogen-bond donors (Lipinski definition) is 0. The number of pyridine rings is 1. The Labute approximate surface area is 199 Å². The number of piperidine rings is 1. The van der Waals surface area contributed by atoms with E-state index < -0.39 is 33.9 Å². The van der Waals surface area contributed by atoms with Crippen LogP contribution in [0.1, 0.15) is 50.7 Å². The van der Waals surface area contributed by atoms with Crippen molar-refractivity contribution in [1.82, 2.24) is 9.88 Å². The predicted octanol–water partition coefficient (Wildman–Crippen LogP) is 5.18. The van der Waals surface area contributed by atoms with Crippen molar-refractivity contribution >= 4 is 9.84 Å². The van der Waals surface area contributed by atoms with Gasteiger partial charge in [0.1, 0.15) is 11.4 Å². The zero-order chi connectivity index (χ0) is 24.6. The maximum Gasteiger partial charge on any atom is 0.390 e. The van der Waals surface area contributed by atoms with Crippen LogP contribution in [0, 0.1) is 0 Å². The van der Waals surface area contributed by atoms with E-state index in [0.717, 1.165) is 55.6 Å². The third-order valence-corrected chi connectivity index (χ3v) is 8.48. The van der Waals surface area contributed by atoms with Crippen LogP contribution in [-0.4, -0.2) is 55.0 Å². The molecule has 0 N–H and O–H groups in total. The molecule has 4 rings (SSSR count). The van der Waals surface area contributed by atoms with E-state index in [1.165, 1.54) is 6.20 Å². The molecule has 0 unspecified atom stereocenters. The maximum absolute atomic E-state index is 12.3. The van der Waals surface area contributed by atoms with Gasteiger partial charge in [0.25, 0.3) is 0 Å². The van der Waals surface area contributed by atoms with Crippen LogP contribution in [0.3, 0.4) is 0 Å². The first-order chi connectivity index (χ1) is 15.9. The van der Waals surface area contributed by atoms with E-state index in [0.29, 0.717) is 17.3 Å². The zero-order valence-corrected chi connectivity index (χ0v) is 20.4. The summed E-state index contributed by atoms with van der Waals surface area (Å²) in [6.45, 7) is 6.55.